The van der Waals surface area contributed by atoms with Crippen molar-refractivity contribution in [2.45, 2.75) is 31.4 Å². The minimum absolute atomic E-state index is 0.0800. The largest absolute Gasteiger partial charge is 0.491 e. The number of benzene rings is 3. The van der Waals surface area contributed by atoms with Gasteiger partial charge in [0.25, 0.3) is 0 Å². The molecule has 0 radical (unpaired) electrons. The van der Waals surface area contributed by atoms with Crippen LogP contribution in [0.1, 0.15) is 22.3 Å². The Morgan fingerprint density at radius 1 is 1.05 bits per heavy atom. The molecule has 0 saturated carbocycles. The first-order valence-corrected chi connectivity index (χ1v) is 13.8. The van der Waals surface area contributed by atoms with E-state index in [1.54, 1.807) is 0 Å². The molecule has 0 bridgehead atoms. The summed E-state index contributed by atoms with van der Waals surface area (Å²) < 4.78 is 48.1. The lowest BCUT2D eigenvalue weighted by Crippen LogP contribution is -2.35. The molecule has 212 valence electrons. The number of rotatable bonds is 9. The third-order valence-electron chi connectivity index (χ3n) is 7.25. The van der Waals surface area contributed by atoms with E-state index in [1.807, 2.05) is 30.3 Å². The molecule has 1 aromatic heterocycles. The van der Waals surface area contributed by atoms with Gasteiger partial charge in [-0.1, -0.05) is 42.0 Å². The average molecular weight is 579 g/mol. The van der Waals surface area contributed by atoms with E-state index in [2.05, 4.69) is 39.3 Å². The van der Waals surface area contributed by atoms with Crippen molar-refractivity contribution in [1.82, 2.24) is 19.7 Å². The molecule has 1 fully saturated rings. The molecule has 10 heteroatoms. The summed E-state index contributed by atoms with van der Waals surface area (Å²) in [5.74, 6) is -2.11. The fraction of sp³-hybridized carbons (Fsp3) is 0.290. The molecule has 0 N–H and O–H groups in total. The zero-order chi connectivity index (χ0) is 28.2. The minimum atomic E-state index is -1.42. The minimum Gasteiger partial charge on any atom is -0.491 e. The molecule has 2 aliphatic rings. The van der Waals surface area contributed by atoms with Crippen LogP contribution in [0.2, 0.25) is 5.02 Å². The molecule has 6 rings (SSSR count). The molecule has 3 aromatic carbocycles. The van der Waals surface area contributed by atoms with Crippen LogP contribution in [0.3, 0.4) is 0 Å². The van der Waals surface area contributed by atoms with Crippen LogP contribution in [0, 0.1) is 11.6 Å². The summed E-state index contributed by atoms with van der Waals surface area (Å²) in [7, 11) is 0. The topological polar surface area (TPSA) is 61.6 Å². The lowest BCUT2D eigenvalue weighted by Gasteiger charge is -2.29. The molecule has 1 saturated heterocycles. The quantitative estimate of drug-likeness (QED) is 0.257. The van der Waals surface area contributed by atoms with Gasteiger partial charge in [-0.25, -0.2) is 18.4 Å². The van der Waals surface area contributed by atoms with Crippen LogP contribution < -0.4 is 4.74 Å². The van der Waals surface area contributed by atoms with Crippen molar-refractivity contribution >= 4 is 17.7 Å². The van der Waals surface area contributed by atoms with Crippen LogP contribution in [-0.2, 0) is 34.8 Å². The van der Waals surface area contributed by atoms with E-state index >= 15 is 0 Å². The second-order valence-electron chi connectivity index (χ2n) is 10.2. The van der Waals surface area contributed by atoms with Gasteiger partial charge in [0.1, 0.15) is 49.3 Å². The van der Waals surface area contributed by atoms with Crippen molar-refractivity contribution in [2.24, 2.45) is 0 Å². The summed E-state index contributed by atoms with van der Waals surface area (Å²) in [6.07, 6.45) is 7.64. The van der Waals surface area contributed by atoms with E-state index in [0.29, 0.717) is 0 Å². The number of hydrogen-bond acceptors (Lipinski definition) is 6. The van der Waals surface area contributed by atoms with Crippen molar-refractivity contribution in [3.63, 3.8) is 0 Å². The molecule has 0 aliphatic carbocycles. The molecule has 0 unspecified atom stereocenters. The van der Waals surface area contributed by atoms with Crippen LogP contribution in [0.4, 0.5) is 8.78 Å². The Labute approximate surface area is 241 Å². The summed E-state index contributed by atoms with van der Waals surface area (Å²) in [6, 6.07) is 17.2. The normalized spacial score (nSPS) is 20.9. The van der Waals surface area contributed by atoms with Crippen LogP contribution in [0.15, 0.2) is 79.4 Å². The van der Waals surface area contributed by atoms with Crippen molar-refractivity contribution < 1.29 is 23.0 Å². The number of fused-ring (bicyclic) bond motifs is 1. The number of halogens is 3. The zero-order valence-electron chi connectivity index (χ0n) is 22.3. The molecule has 3 heterocycles. The van der Waals surface area contributed by atoms with Crippen molar-refractivity contribution in [2.75, 3.05) is 26.3 Å². The van der Waals surface area contributed by atoms with Crippen molar-refractivity contribution in [3.05, 3.63) is 118 Å². The van der Waals surface area contributed by atoms with Gasteiger partial charge in [0.2, 0.25) is 5.79 Å². The molecule has 7 nitrogen and oxygen atoms in total. The van der Waals surface area contributed by atoms with Crippen LogP contribution in [0.5, 0.6) is 5.75 Å². The van der Waals surface area contributed by atoms with Gasteiger partial charge in [0.15, 0.2) is 0 Å². The maximum atomic E-state index is 14.1. The first-order valence-electron chi connectivity index (χ1n) is 13.4. The Kier molecular flexibility index (Phi) is 8.11. The number of ether oxygens (including phenoxy) is 3. The van der Waals surface area contributed by atoms with Gasteiger partial charge in [0.05, 0.1) is 6.61 Å². The van der Waals surface area contributed by atoms with Gasteiger partial charge >= 0.3 is 0 Å². The highest BCUT2D eigenvalue weighted by Gasteiger charge is 2.45. The second kappa shape index (κ2) is 12.1. The van der Waals surface area contributed by atoms with E-state index in [4.69, 9.17) is 25.8 Å². The Hall–Kier alpha value is -3.63. The highest BCUT2D eigenvalue weighted by Crippen LogP contribution is 2.37. The van der Waals surface area contributed by atoms with Crippen LogP contribution in [-0.4, -0.2) is 52.1 Å². The molecule has 41 heavy (non-hydrogen) atoms. The summed E-state index contributed by atoms with van der Waals surface area (Å²) in [5, 5.41) is 4.84. The smallest absolute Gasteiger partial charge is 0.216 e. The van der Waals surface area contributed by atoms with E-state index in [1.165, 1.54) is 40.6 Å². The first kappa shape index (κ1) is 27.5. The lowest BCUT2D eigenvalue weighted by atomic mass is 9.99. The van der Waals surface area contributed by atoms with Gasteiger partial charge in [-0.05, 0) is 59.5 Å². The molecule has 0 amide bonds. The van der Waals surface area contributed by atoms with E-state index in [-0.39, 0.29) is 25.3 Å². The maximum absolute atomic E-state index is 14.1. The Bertz CT molecular complexity index is 1500. The van der Waals surface area contributed by atoms with Gasteiger partial charge < -0.3 is 14.2 Å². The maximum Gasteiger partial charge on any atom is 0.216 e. The molecular weight excluding hydrogens is 550 g/mol. The molecule has 2 aliphatic heterocycles. The zero-order valence-corrected chi connectivity index (χ0v) is 23.0. The van der Waals surface area contributed by atoms with E-state index in [0.717, 1.165) is 48.5 Å². The summed E-state index contributed by atoms with van der Waals surface area (Å²) >= 11 is 5.97. The van der Waals surface area contributed by atoms with Gasteiger partial charge in [-0.3, -0.25) is 4.90 Å². The van der Waals surface area contributed by atoms with Gasteiger partial charge in [-0.15, -0.1) is 0 Å². The Balaban J connectivity index is 1.06. The highest BCUT2D eigenvalue weighted by molar-refractivity contribution is 6.30. The van der Waals surface area contributed by atoms with Gasteiger partial charge in [0, 0.05) is 36.3 Å². The summed E-state index contributed by atoms with van der Waals surface area (Å²) in [6.45, 7) is 3.18. The fourth-order valence-corrected chi connectivity index (χ4v) is 5.33. The first-order chi connectivity index (χ1) is 19.9. The molecular formula is C31H29ClF2N4O3. The monoisotopic (exact) mass is 578 g/mol. The van der Waals surface area contributed by atoms with Crippen molar-refractivity contribution in [1.29, 1.82) is 0 Å². The fourth-order valence-electron chi connectivity index (χ4n) is 5.21. The van der Waals surface area contributed by atoms with Crippen LogP contribution in [0.25, 0.3) is 6.08 Å². The lowest BCUT2D eigenvalue weighted by molar-refractivity contribution is -0.191. The van der Waals surface area contributed by atoms with Crippen molar-refractivity contribution in [3.8, 4) is 5.75 Å². The standard InChI is InChI=1S/C31H29ClF2N4O3/c32-26-6-3-22(4-7-26)2-1-10-37-11-9-23-12-29(8-5-24(23)16-37)39-17-30-18-40-31(41-30,19-38-21-35-20-36-38)25-13-27(33)15-28(34)14-25/h1-8,12-15,20-21,30H,9-11,16-19H2/t30-,31-/m0/s1. The predicted octanol–water partition coefficient (Wildman–Crippen LogP) is 5.63. The molecule has 0 spiro atoms. The number of nitrogens with zero attached hydrogens (tertiary/aromatic N) is 4. The summed E-state index contributed by atoms with van der Waals surface area (Å²) in [4.78, 5) is 6.35. The number of aromatic nitrogens is 3. The summed E-state index contributed by atoms with van der Waals surface area (Å²) in [5.41, 5.74) is 3.90. The van der Waals surface area contributed by atoms with E-state index < -0.39 is 23.5 Å². The predicted molar refractivity (Wildman–Crippen MR) is 150 cm³/mol. The van der Waals surface area contributed by atoms with Gasteiger partial charge in [-0.2, -0.15) is 5.10 Å². The average Bonchev–Trinajstić information content (AvgIpc) is 3.63. The Morgan fingerprint density at radius 2 is 1.88 bits per heavy atom. The molecule has 2 atom stereocenters. The highest BCUT2D eigenvalue weighted by atomic mass is 35.5. The second-order valence-corrected chi connectivity index (χ2v) is 10.7. The SMILES string of the molecule is Fc1cc(F)cc([C@@]2(Cn3cncn3)OC[C@H](COc3ccc4c(c3)CCN(CC=Cc3ccc(Cl)cc3)C4)O2)c1. The third kappa shape index (κ3) is 6.65. The van der Waals surface area contributed by atoms with E-state index in [9.17, 15) is 8.78 Å². The number of hydrogen-bond donors (Lipinski definition) is 0. The Morgan fingerprint density at radius 3 is 2.66 bits per heavy atom. The molecule has 4 aromatic rings. The third-order valence-corrected chi connectivity index (χ3v) is 7.50. The van der Waals surface area contributed by atoms with Crippen LogP contribution >= 0.6 is 11.6 Å².